The van der Waals surface area contributed by atoms with Crippen LogP contribution in [0.2, 0.25) is 0 Å². The van der Waals surface area contributed by atoms with Crippen LogP contribution in [0.15, 0.2) is 0 Å². The maximum absolute atomic E-state index is 11.4. The van der Waals surface area contributed by atoms with Gasteiger partial charge in [-0.1, -0.05) is 13.8 Å². The lowest BCUT2D eigenvalue weighted by Crippen LogP contribution is -2.45. The fourth-order valence-corrected chi connectivity index (χ4v) is 2.39. The summed E-state index contributed by atoms with van der Waals surface area (Å²) in [7, 11) is -3.39. The second-order valence-corrected chi connectivity index (χ2v) is 6.05. The van der Waals surface area contributed by atoms with E-state index in [-0.39, 0.29) is 18.6 Å². The first-order valence-corrected chi connectivity index (χ1v) is 6.73. The highest BCUT2D eigenvalue weighted by Gasteiger charge is 2.13. The van der Waals surface area contributed by atoms with Gasteiger partial charge in [0.25, 0.3) is 10.2 Å². The van der Waals surface area contributed by atoms with E-state index in [0.717, 1.165) is 6.42 Å². The fraction of sp³-hybridized carbons (Fsp3) is 1.00. The summed E-state index contributed by atoms with van der Waals surface area (Å²) in [6, 6.07) is -0.238. The van der Waals surface area contributed by atoms with Crippen LogP contribution in [0.5, 0.6) is 0 Å². The van der Waals surface area contributed by atoms with Gasteiger partial charge in [0, 0.05) is 18.6 Å². The lowest BCUT2D eigenvalue weighted by atomic mass is 10.1. The van der Waals surface area contributed by atoms with E-state index >= 15 is 0 Å². The van der Waals surface area contributed by atoms with Crippen molar-refractivity contribution in [1.29, 1.82) is 0 Å². The number of nitrogens with two attached hydrogens (primary N) is 1. The van der Waals surface area contributed by atoms with Crippen molar-refractivity contribution in [2.24, 2.45) is 11.7 Å². The second-order valence-electron chi connectivity index (χ2n) is 4.51. The number of nitrogens with one attached hydrogen (secondary N) is 2. The van der Waals surface area contributed by atoms with Crippen LogP contribution >= 0.6 is 0 Å². The summed E-state index contributed by atoms with van der Waals surface area (Å²) in [5.74, 6) is 0.475. The minimum Gasteiger partial charge on any atom is -0.327 e. The molecule has 15 heavy (non-hydrogen) atoms. The molecule has 1 atom stereocenters. The molecule has 0 aromatic rings. The molecular weight excluding hydrogens is 214 g/mol. The van der Waals surface area contributed by atoms with E-state index in [4.69, 9.17) is 5.73 Å². The number of rotatable bonds is 7. The maximum atomic E-state index is 11.4. The molecule has 0 aromatic carbocycles. The van der Waals surface area contributed by atoms with Crippen LogP contribution in [-0.4, -0.2) is 27.0 Å². The molecule has 0 rings (SSSR count). The van der Waals surface area contributed by atoms with Gasteiger partial charge in [-0.2, -0.15) is 13.1 Å². The van der Waals surface area contributed by atoms with Crippen molar-refractivity contribution in [1.82, 2.24) is 9.44 Å². The molecule has 5 nitrogen and oxygen atoms in total. The summed E-state index contributed by atoms with van der Waals surface area (Å²) in [5, 5.41) is 0. The molecule has 0 aliphatic carbocycles. The van der Waals surface area contributed by atoms with Crippen LogP contribution in [0.4, 0.5) is 0 Å². The van der Waals surface area contributed by atoms with E-state index in [1.54, 1.807) is 13.8 Å². The van der Waals surface area contributed by atoms with Crippen molar-refractivity contribution < 1.29 is 8.42 Å². The first-order chi connectivity index (χ1) is 6.73. The molecule has 0 saturated heterocycles. The van der Waals surface area contributed by atoms with Gasteiger partial charge in [-0.25, -0.2) is 4.72 Å². The summed E-state index contributed by atoms with van der Waals surface area (Å²) in [6.07, 6.45) is 0.810. The van der Waals surface area contributed by atoms with Gasteiger partial charge in [0.15, 0.2) is 0 Å². The Morgan fingerprint density at radius 2 is 1.73 bits per heavy atom. The van der Waals surface area contributed by atoms with Crippen LogP contribution in [0.25, 0.3) is 0 Å². The van der Waals surface area contributed by atoms with Crippen LogP contribution < -0.4 is 15.2 Å². The third-order valence-electron chi connectivity index (χ3n) is 1.70. The van der Waals surface area contributed by atoms with Gasteiger partial charge in [0.05, 0.1) is 0 Å². The van der Waals surface area contributed by atoms with Crippen molar-refractivity contribution >= 4 is 10.2 Å². The van der Waals surface area contributed by atoms with Gasteiger partial charge in [-0.3, -0.25) is 0 Å². The highest BCUT2D eigenvalue weighted by atomic mass is 32.2. The summed E-state index contributed by atoms with van der Waals surface area (Å²) < 4.78 is 27.6. The minimum absolute atomic E-state index is 0.108. The monoisotopic (exact) mass is 237 g/mol. The molecule has 0 bridgehead atoms. The summed E-state index contributed by atoms with van der Waals surface area (Å²) in [5.41, 5.74) is 5.76. The van der Waals surface area contributed by atoms with E-state index in [1.165, 1.54) is 0 Å². The van der Waals surface area contributed by atoms with E-state index in [2.05, 4.69) is 23.3 Å². The molecule has 0 fully saturated rings. The molecule has 0 spiro atoms. The van der Waals surface area contributed by atoms with Gasteiger partial charge in [-0.05, 0) is 26.2 Å². The topological polar surface area (TPSA) is 84.2 Å². The Hall–Kier alpha value is -0.170. The number of hydrogen-bond donors (Lipinski definition) is 3. The van der Waals surface area contributed by atoms with Gasteiger partial charge in [0.2, 0.25) is 0 Å². The van der Waals surface area contributed by atoms with Gasteiger partial charge in [-0.15, -0.1) is 0 Å². The Kier molecular flexibility index (Phi) is 6.35. The molecule has 92 valence electrons. The van der Waals surface area contributed by atoms with E-state index in [1.807, 2.05) is 0 Å². The summed E-state index contributed by atoms with van der Waals surface area (Å²) in [4.78, 5) is 0. The predicted octanol–water partition coefficient (Wildman–Crippen LogP) is 0.192. The molecule has 6 heteroatoms. The first-order valence-electron chi connectivity index (χ1n) is 5.25. The van der Waals surface area contributed by atoms with E-state index in [9.17, 15) is 8.42 Å². The zero-order valence-corrected chi connectivity index (χ0v) is 10.8. The largest absolute Gasteiger partial charge is 0.327 e. The number of hydrogen-bond acceptors (Lipinski definition) is 3. The molecule has 0 amide bonds. The first kappa shape index (κ1) is 14.8. The average molecular weight is 237 g/mol. The Bertz CT molecular complexity index is 263. The Balaban J connectivity index is 3.93. The third kappa shape index (κ3) is 8.80. The van der Waals surface area contributed by atoms with E-state index < -0.39 is 10.2 Å². The molecule has 1 unspecified atom stereocenters. The van der Waals surface area contributed by atoms with Crippen LogP contribution in [-0.2, 0) is 10.2 Å². The van der Waals surface area contributed by atoms with Gasteiger partial charge in [0.1, 0.15) is 0 Å². The zero-order valence-electron chi connectivity index (χ0n) is 9.95. The van der Waals surface area contributed by atoms with Crippen molar-refractivity contribution in [2.75, 3.05) is 6.54 Å². The highest BCUT2D eigenvalue weighted by molar-refractivity contribution is 7.87. The Morgan fingerprint density at radius 3 is 2.13 bits per heavy atom. The van der Waals surface area contributed by atoms with Crippen molar-refractivity contribution in [3.8, 4) is 0 Å². The Labute approximate surface area is 93.0 Å². The van der Waals surface area contributed by atoms with Crippen molar-refractivity contribution in [3.05, 3.63) is 0 Å². The van der Waals surface area contributed by atoms with Gasteiger partial charge >= 0.3 is 0 Å². The molecule has 0 radical (unpaired) electrons. The van der Waals surface area contributed by atoms with Crippen molar-refractivity contribution in [3.63, 3.8) is 0 Å². The Morgan fingerprint density at radius 1 is 1.20 bits per heavy atom. The molecule has 4 N–H and O–H groups in total. The standard InChI is InChI=1S/C9H23N3O2S/c1-7(2)5-9(10)6-11-15(13,14)12-8(3)4/h7-9,11-12H,5-6,10H2,1-4H3. The highest BCUT2D eigenvalue weighted by Crippen LogP contribution is 2.01. The summed E-state index contributed by atoms with van der Waals surface area (Å²) in [6.45, 7) is 7.93. The van der Waals surface area contributed by atoms with Crippen molar-refractivity contribution in [2.45, 2.75) is 46.2 Å². The quantitative estimate of drug-likeness (QED) is 0.591. The SMILES string of the molecule is CC(C)CC(N)CNS(=O)(=O)NC(C)C. The molecule has 0 heterocycles. The minimum atomic E-state index is -3.39. The smallest absolute Gasteiger partial charge is 0.277 e. The van der Waals surface area contributed by atoms with Crippen LogP contribution in [0.1, 0.15) is 34.1 Å². The normalized spacial score (nSPS) is 14.9. The van der Waals surface area contributed by atoms with E-state index in [0.29, 0.717) is 5.92 Å². The van der Waals surface area contributed by atoms with Gasteiger partial charge < -0.3 is 5.73 Å². The fourth-order valence-electron chi connectivity index (χ4n) is 1.26. The molecule has 0 saturated carbocycles. The third-order valence-corrected chi connectivity index (χ3v) is 3.03. The lowest BCUT2D eigenvalue weighted by molar-refractivity contribution is 0.482. The molecule has 0 aliphatic rings. The van der Waals surface area contributed by atoms with Crippen LogP contribution in [0.3, 0.4) is 0 Å². The predicted molar refractivity (Wildman–Crippen MR) is 62.6 cm³/mol. The molecule has 0 aliphatic heterocycles. The second kappa shape index (κ2) is 6.42. The molecular formula is C9H23N3O2S. The average Bonchev–Trinajstić information content (AvgIpc) is 1.97. The maximum Gasteiger partial charge on any atom is 0.277 e. The molecule has 0 aromatic heterocycles. The lowest BCUT2D eigenvalue weighted by Gasteiger charge is -2.16. The summed E-state index contributed by atoms with van der Waals surface area (Å²) >= 11 is 0. The van der Waals surface area contributed by atoms with Crippen LogP contribution in [0, 0.1) is 5.92 Å². The zero-order chi connectivity index (χ0) is 12.1.